The van der Waals surface area contributed by atoms with Crippen LogP contribution in [0.15, 0.2) is 27.1 Å². The molecule has 23 heavy (non-hydrogen) atoms. The molecule has 0 aliphatic heterocycles. The van der Waals surface area contributed by atoms with Crippen LogP contribution in [0.1, 0.15) is 12.5 Å². The molecular weight excluding hydrogens is 382 g/mol. The fourth-order valence-electron chi connectivity index (χ4n) is 1.67. The number of nitrogens with two attached hydrogens (primary N) is 1. The molecule has 1 aromatic carbocycles. The third kappa shape index (κ3) is 4.84. The Morgan fingerprint density at radius 1 is 1.52 bits per heavy atom. The highest BCUT2D eigenvalue weighted by atomic mass is 79.9. The molecular formula is C14H14BrN5O2S. The summed E-state index contributed by atoms with van der Waals surface area (Å²) in [6.45, 7) is 2.29. The number of nitrogens with zero attached hydrogens (tertiary/aromatic N) is 3. The van der Waals surface area contributed by atoms with E-state index in [2.05, 4.69) is 31.4 Å². The molecule has 2 rings (SSSR count). The summed E-state index contributed by atoms with van der Waals surface area (Å²) in [5, 5.41) is 15.1. The van der Waals surface area contributed by atoms with Crippen LogP contribution >= 0.6 is 27.3 Å². The predicted molar refractivity (Wildman–Crippen MR) is 94.2 cm³/mol. The van der Waals surface area contributed by atoms with E-state index < -0.39 is 0 Å². The van der Waals surface area contributed by atoms with Gasteiger partial charge in [-0.3, -0.25) is 5.43 Å². The quantitative estimate of drug-likeness (QED) is 0.550. The third-order valence-electron chi connectivity index (χ3n) is 2.51. The maximum Gasteiger partial charge on any atom is 0.205 e. The van der Waals surface area contributed by atoms with E-state index in [4.69, 9.17) is 20.5 Å². The Bertz CT molecular complexity index is 741. The summed E-state index contributed by atoms with van der Waals surface area (Å²) in [5.74, 6) is 1.48. The van der Waals surface area contributed by atoms with Crippen LogP contribution in [0, 0.1) is 11.3 Å². The number of thiazole rings is 1. The average molecular weight is 396 g/mol. The molecule has 0 atom stereocenters. The molecule has 1 aromatic heterocycles. The minimum absolute atomic E-state index is 0.0564. The molecule has 0 radical (unpaired) electrons. The number of aromatic nitrogens is 1. The second-order valence-corrected chi connectivity index (χ2v) is 5.87. The molecule has 2 aromatic rings. The number of halogens is 1. The lowest BCUT2D eigenvalue weighted by atomic mass is 10.2. The van der Waals surface area contributed by atoms with Gasteiger partial charge in [0.15, 0.2) is 18.1 Å². The fraction of sp³-hybridized carbons (Fsp3) is 0.214. The zero-order valence-corrected chi connectivity index (χ0v) is 14.6. The minimum atomic E-state index is -0.0564. The maximum absolute atomic E-state index is 8.65. The van der Waals surface area contributed by atoms with Crippen LogP contribution in [0.2, 0.25) is 0 Å². The predicted octanol–water partition coefficient (Wildman–Crippen LogP) is 3.23. The van der Waals surface area contributed by atoms with E-state index in [-0.39, 0.29) is 6.61 Å². The normalized spacial score (nSPS) is 10.5. The van der Waals surface area contributed by atoms with Crippen LogP contribution < -0.4 is 20.6 Å². The van der Waals surface area contributed by atoms with Crippen molar-refractivity contribution in [2.24, 2.45) is 5.10 Å². The van der Waals surface area contributed by atoms with E-state index >= 15 is 0 Å². The Morgan fingerprint density at radius 3 is 3.00 bits per heavy atom. The molecule has 120 valence electrons. The highest BCUT2D eigenvalue weighted by Crippen LogP contribution is 2.36. The Labute approximate surface area is 145 Å². The van der Waals surface area contributed by atoms with Crippen LogP contribution in [0.4, 0.5) is 10.9 Å². The number of anilines is 2. The van der Waals surface area contributed by atoms with Gasteiger partial charge in [-0.2, -0.15) is 10.4 Å². The summed E-state index contributed by atoms with van der Waals surface area (Å²) < 4.78 is 11.6. The van der Waals surface area contributed by atoms with Crippen LogP contribution in [-0.2, 0) is 0 Å². The second kappa shape index (κ2) is 8.36. The van der Waals surface area contributed by atoms with Gasteiger partial charge in [0.05, 0.1) is 17.3 Å². The lowest BCUT2D eigenvalue weighted by molar-refractivity contribution is 0.297. The fourth-order valence-corrected chi connectivity index (χ4v) is 2.79. The molecule has 9 heteroatoms. The minimum Gasteiger partial charge on any atom is -0.490 e. The van der Waals surface area contributed by atoms with Crippen LogP contribution in [-0.4, -0.2) is 24.4 Å². The maximum atomic E-state index is 8.65. The zero-order chi connectivity index (χ0) is 16.7. The first-order valence-corrected chi connectivity index (χ1v) is 8.27. The van der Waals surface area contributed by atoms with Gasteiger partial charge in [-0.15, -0.1) is 11.3 Å². The van der Waals surface area contributed by atoms with Crippen molar-refractivity contribution in [3.05, 3.63) is 27.5 Å². The van der Waals surface area contributed by atoms with Crippen molar-refractivity contribution >= 4 is 44.4 Å². The van der Waals surface area contributed by atoms with Gasteiger partial charge in [-0.1, -0.05) is 0 Å². The summed E-state index contributed by atoms with van der Waals surface area (Å²) in [7, 11) is 0. The number of ether oxygens (including phenoxy) is 2. The van der Waals surface area contributed by atoms with Crippen LogP contribution in [0.25, 0.3) is 0 Å². The molecule has 0 fully saturated rings. The number of hydrogen-bond donors (Lipinski definition) is 2. The number of rotatable bonds is 7. The van der Waals surface area contributed by atoms with Gasteiger partial charge < -0.3 is 15.2 Å². The van der Waals surface area contributed by atoms with Gasteiger partial charge in [-0.05, 0) is 40.5 Å². The monoisotopic (exact) mass is 395 g/mol. The van der Waals surface area contributed by atoms with Crippen molar-refractivity contribution in [2.75, 3.05) is 24.4 Å². The number of nitriles is 1. The summed E-state index contributed by atoms with van der Waals surface area (Å²) in [4.78, 5) is 4.04. The Balaban J connectivity index is 2.16. The van der Waals surface area contributed by atoms with Gasteiger partial charge >= 0.3 is 0 Å². The smallest absolute Gasteiger partial charge is 0.205 e. The highest BCUT2D eigenvalue weighted by molar-refractivity contribution is 9.10. The van der Waals surface area contributed by atoms with Crippen molar-refractivity contribution in [1.82, 2.24) is 4.98 Å². The van der Waals surface area contributed by atoms with Gasteiger partial charge in [0.25, 0.3) is 0 Å². The van der Waals surface area contributed by atoms with Gasteiger partial charge in [0, 0.05) is 5.38 Å². The molecule has 0 spiro atoms. The molecule has 1 heterocycles. The van der Waals surface area contributed by atoms with Crippen molar-refractivity contribution in [1.29, 1.82) is 5.26 Å². The highest BCUT2D eigenvalue weighted by Gasteiger charge is 2.11. The zero-order valence-electron chi connectivity index (χ0n) is 12.2. The third-order valence-corrected chi connectivity index (χ3v) is 3.86. The molecule has 0 aliphatic carbocycles. The van der Waals surface area contributed by atoms with Crippen molar-refractivity contribution in [3.8, 4) is 17.6 Å². The summed E-state index contributed by atoms with van der Waals surface area (Å²) in [5.41, 5.74) is 9.13. The first-order valence-electron chi connectivity index (χ1n) is 6.60. The molecule has 0 bridgehead atoms. The summed E-state index contributed by atoms with van der Waals surface area (Å²) >= 11 is 4.78. The molecule has 0 unspecified atom stereocenters. The van der Waals surface area contributed by atoms with E-state index in [0.717, 1.165) is 5.56 Å². The summed E-state index contributed by atoms with van der Waals surface area (Å²) in [6.07, 6.45) is 1.62. The Hall–Kier alpha value is -2.31. The van der Waals surface area contributed by atoms with Crippen LogP contribution in [0.5, 0.6) is 11.5 Å². The number of benzene rings is 1. The number of nitrogen functional groups attached to an aromatic ring is 1. The first-order chi connectivity index (χ1) is 11.1. The average Bonchev–Trinajstić information content (AvgIpc) is 2.92. The molecule has 0 saturated carbocycles. The largest absolute Gasteiger partial charge is 0.490 e. The molecule has 0 aliphatic rings. The standard InChI is InChI=1S/C14H14BrN5O2S/c1-2-21-11-6-9(5-10(15)13(11)22-4-3-16)7-18-20-14-19-12(17)8-23-14/h5-8H,2,4,17H2,1H3,(H,19,20). The lowest BCUT2D eigenvalue weighted by Crippen LogP contribution is -2.01. The number of hydrogen-bond acceptors (Lipinski definition) is 8. The van der Waals surface area contributed by atoms with Crippen LogP contribution in [0.3, 0.4) is 0 Å². The molecule has 0 amide bonds. The second-order valence-electron chi connectivity index (χ2n) is 4.16. The Kier molecular flexibility index (Phi) is 6.19. The molecule has 7 nitrogen and oxygen atoms in total. The van der Waals surface area contributed by atoms with E-state index in [1.807, 2.05) is 19.1 Å². The SMILES string of the molecule is CCOc1cc(C=NNc2nc(N)cs2)cc(Br)c1OCC#N. The number of hydrazone groups is 1. The first kappa shape index (κ1) is 17.1. The molecule has 3 N–H and O–H groups in total. The van der Waals surface area contributed by atoms with Crippen molar-refractivity contribution in [3.63, 3.8) is 0 Å². The molecule has 0 saturated heterocycles. The van der Waals surface area contributed by atoms with E-state index in [9.17, 15) is 0 Å². The van der Waals surface area contributed by atoms with E-state index in [1.165, 1.54) is 11.3 Å². The topological polar surface area (TPSA) is 106 Å². The number of nitrogens with one attached hydrogen (secondary N) is 1. The van der Waals surface area contributed by atoms with Crippen molar-refractivity contribution < 1.29 is 9.47 Å². The Morgan fingerprint density at radius 2 is 2.35 bits per heavy atom. The van der Waals surface area contributed by atoms with E-state index in [0.29, 0.717) is 33.5 Å². The lowest BCUT2D eigenvalue weighted by Gasteiger charge is -2.12. The van der Waals surface area contributed by atoms with Gasteiger partial charge in [0.2, 0.25) is 5.13 Å². The van der Waals surface area contributed by atoms with E-state index in [1.54, 1.807) is 17.7 Å². The summed E-state index contributed by atoms with van der Waals surface area (Å²) in [6, 6.07) is 5.53. The van der Waals surface area contributed by atoms with Crippen molar-refractivity contribution in [2.45, 2.75) is 6.92 Å². The van der Waals surface area contributed by atoms with Gasteiger partial charge in [-0.25, -0.2) is 4.98 Å². The van der Waals surface area contributed by atoms with Gasteiger partial charge in [0.1, 0.15) is 11.9 Å².